The van der Waals surface area contributed by atoms with Crippen molar-refractivity contribution < 1.29 is 4.79 Å². The van der Waals surface area contributed by atoms with Crippen LogP contribution in [0.25, 0.3) is 0 Å². The van der Waals surface area contributed by atoms with Gasteiger partial charge in [0.1, 0.15) is 6.04 Å². The monoisotopic (exact) mass is 213 g/mol. The maximum atomic E-state index is 11.3. The Hall–Kier alpha value is -0.610. The van der Waals surface area contributed by atoms with Gasteiger partial charge in [-0.25, -0.2) is 0 Å². The van der Waals surface area contributed by atoms with Crippen LogP contribution in [0.4, 0.5) is 0 Å². The highest BCUT2D eigenvalue weighted by molar-refractivity contribution is 5.80. The summed E-state index contributed by atoms with van der Waals surface area (Å²) in [4.78, 5) is 13.5. The highest BCUT2D eigenvalue weighted by Gasteiger charge is 2.27. The smallest absolute Gasteiger partial charge is 0.236 e. The van der Waals surface area contributed by atoms with E-state index in [0.29, 0.717) is 12.5 Å². The van der Waals surface area contributed by atoms with Crippen molar-refractivity contribution in [3.05, 3.63) is 0 Å². The van der Waals surface area contributed by atoms with Crippen molar-refractivity contribution in [1.29, 1.82) is 0 Å². The van der Waals surface area contributed by atoms with Crippen molar-refractivity contribution in [3.63, 3.8) is 0 Å². The minimum Gasteiger partial charge on any atom is -0.368 e. The third-order valence-electron chi connectivity index (χ3n) is 3.33. The van der Waals surface area contributed by atoms with Gasteiger partial charge in [-0.1, -0.05) is 26.7 Å². The number of nitrogens with two attached hydrogens (primary N) is 1. The molecule has 1 aliphatic rings. The molecule has 1 amide bonds. The summed E-state index contributed by atoms with van der Waals surface area (Å²) in [7, 11) is 0. The highest BCUT2D eigenvalue weighted by Crippen LogP contribution is 2.13. The molecule has 4 heteroatoms. The second-order valence-corrected chi connectivity index (χ2v) is 4.30. The van der Waals surface area contributed by atoms with E-state index in [0.717, 1.165) is 19.6 Å². The molecular weight excluding hydrogens is 190 g/mol. The van der Waals surface area contributed by atoms with Crippen molar-refractivity contribution in [3.8, 4) is 0 Å². The molecule has 1 heterocycles. The number of nitrogens with one attached hydrogen (secondary N) is 1. The minimum atomic E-state index is -0.201. The normalized spacial score (nSPS) is 23.3. The SMILES string of the molecule is CCC(CC)CN1CCNCC1C(N)=O. The molecule has 0 aliphatic carbocycles. The van der Waals surface area contributed by atoms with Crippen molar-refractivity contribution in [1.82, 2.24) is 10.2 Å². The second kappa shape index (κ2) is 6.08. The summed E-state index contributed by atoms with van der Waals surface area (Å²) in [5.74, 6) is 0.484. The standard InChI is InChI=1S/C11H23N3O/c1-3-9(4-2)8-14-6-5-13-7-10(14)11(12)15/h9-10,13H,3-8H2,1-2H3,(H2,12,15). The molecular formula is C11H23N3O. The average molecular weight is 213 g/mol. The zero-order valence-electron chi connectivity index (χ0n) is 9.83. The van der Waals surface area contributed by atoms with Gasteiger partial charge < -0.3 is 11.1 Å². The summed E-state index contributed by atoms with van der Waals surface area (Å²) in [6.07, 6.45) is 2.35. The molecule has 1 aliphatic heterocycles. The Kier molecular flexibility index (Phi) is 5.05. The van der Waals surface area contributed by atoms with Gasteiger partial charge in [0, 0.05) is 26.2 Å². The summed E-state index contributed by atoms with van der Waals surface area (Å²) in [5.41, 5.74) is 5.40. The molecule has 1 rings (SSSR count). The number of amides is 1. The van der Waals surface area contributed by atoms with Crippen molar-refractivity contribution in [2.24, 2.45) is 11.7 Å². The van der Waals surface area contributed by atoms with Gasteiger partial charge in [-0.3, -0.25) is 9.69 Å². The van der Waals surface area contributed by atoms with Crippen molar-refractivity contribution >= 4 is 5.91 Å². The first-order chi connectivity index (χ1) is 7.19. The second-order valence-electron chi connectivity index (χ2n) is 4.30. The quantitative estimate of drug-likeness (QED) is 0.685. The first kappa shape index (κ1) is 12.5. The molecule has 88 valence electrons. The molecule has 0 radical (unpaired) electrons. The van der Waals surface area contributed by atoms with Crippen LogP contribution in [0, 0.1) is 5.92 Å². The Bertz CT molecular complexity index is 204. The zero-order valence-corrected chi connectivity index (χ0v) is 9.83. The zero-order chi connectivity index (χ0) is 11.3. The first-order valence-corrected chi connectivity index (χ1v) is 5.93. The maximum Gasteiger partial charge on any atom is 0.236 e. The van der Waals surface area contributed by atoms with Crippen LogP contribution in [0.5, 0.6) is 0 Å². The molecule has 3 N–H and O–H groups in total. The average Bonchev–Trinajstić information content (AvgIpc) is 2.26. The van der Waals surface area contributed by atoms with E-state index in [2.05, 4.69) is 24.1 Å². The van der Waals surface area contributed by atoms with Crippen molar-refractivity contribution in [2.45, 2.75) is 32.7 Å². The molecule has 0 bridgehead atoms. The number of carbonyl (C=O) groups is 1. The number of hydrogen-bond acceptors (Lipinski definition) is 3. The fraction of sp³-hybridized carbons (Fsp3) is 0.909. The van der Waals surface area contributed by atoms with E-state index in [-0.39, 0.29) is 11.9 Å². The van der Waals surface area contributed by atoms with Gasteiger partial charge in [0.15, 0.2) is 0 Å². The van der Waals surface area contributed by atoms with Gasteiger partial charge in [0.2, 0.25) is 5.91 Å². The van der Waals surface area contributed by atoms with Crippen LogP contribution in [0.1, 0.15) is 26.7 Å². The summed E-state index contributed by atoms with van der Waals surface area (Å²) >= 11 is 0. The third-order valence-corrected chi connectivity index (χ3v) is 3.33. The lowest BCUT2D eigenvalue weighted by atomic mass is 10.0. The Morgan fingerprint density at radius 1 is 1.53 bits per heavy atom. The van der Waals surface area contributed by atoms with Crippen LogP contribution >= 0.6 is 0 Å². The number of rotatable bonds is 5. The van der Waals surface area contributed by atoms with Crippen LogP contribution in [-0.4, -0.2) is 43.0 Å². The summed E-state index contributed by atoms with van der Waals surface area (Å²) in [6.45, 7) is 8.01. The van der Waals surface area contributed by atoms with E-state index in [1.807, 2.05) is 0 Å². The number of primary amides is 1. The molecule has 1 unspecified atom stereocenters. The van der Waals surface area contributed by atoms with Gasteiger partial charge in [-0.15, -0.1) is 0 Å². The molecule has 15 heavy (non-hydrogen) atoms. The fourth-order valence-corrected chi connectivity index (χ4v) is 2.12. The lowest BCUT2D eigenvalue weighted by Gasteiger charge is -2.36. The van der Waals surface area contributed by atoms with E-state index >= 15 is 0 Å². The molecule has 0 saturated carbocycles. The largest absolute Gasteiger partial charge is 0.368 e. The fourth-order valence-electron chi connectivity index (χ4n) is 2.12. The molecule has 0 aromatic rings. The lowest BCUT2D eigenvalue weighted by molar-refractivity contribution is -0.124. The molecule has 0 aromatic carbocycles. The van der Waals surface area contributed by atoms with E-state index in [1.54, 1.807) is 0 Å². The van der Waals surface area contributed by atoms with Gasteiger partial charge in [0.25, 0.3) is 0 Å². The Morgan fingerprint density at radius 2 is 2.20 bits per heavy atom. The number of nitrogens with zero attached hydrogens (tertiary/aromatic N) is 1. The molecule has 0 spiro atoms. The molecule has 0 aromatic heterocycles. The Morgan fingerprint density at radius 3 is 2.73 bits per heavy atom. The Balaban J connectivity index is 2.52. The van der Waals surface area contributed by atoms with Gasteiger partial charge >= 0.3 is 0 Å². The van der Waals surface area contributed by atoms with Crippen LogP contribution < -0.4 is 11.1 Å². The number of carbonyl (C=O) groups excluding carboxylic acids is 1. The summed E-state index contributed by atoms with van der Waals surface area (Å²) in [6, 6.07) is -0.112. The lowest BCUT2D eigenvalue weighted by Crippen LogP contribution is -2.57. The van der Waals surface area contributed by atoms with Gasteiger partial charge in [0.05, 0.1) is 0 Å². The van der Waals surface area contributed by atoms with Crippen LogP contribution in [-0.2, 0) is 4.79 Å². The first-order valence-electron chi connectivity index (χ1n) is 5.93. The summed E-state index contributed by atoms with van der Waals surface area (Å²) < 4.78 is 0. The number of hydrogen-bond donors (Lipinski definition) is 2. The number of piperazine rings is 1. The van der Waals surface area contributed by atoms with E-state index < -0.39 is 0 Å². The van der Waals surface area contributed by atoms with Crippen LogP contribution in [0.15, 0.2) is 0 Å². The minimum absolute atomic E-state index is 0.112. The predicted molar refractivity (Wildman–Crippen MR) is 61.5 cm³/mol. The molecule has 1 atom stereocenters. The van der Waals surface area contributed by atoms with Gasteiger partial charge in [-0.2, -0.15) is 0 Å². The molecule has 1 saturated heterocycles. The molecule has 1 fully saturated rings. The van der Waals surface area contributed by atoms with Crippen LogP contribution in [0.3, 0.4) is 0 Å². The highest BCUT2D eigenvalue weighted by atomic mass is 16.1. The Labute approximate surface area is 92.2 Å². The maximum absolute atomic E-state index is 11.3. The van der Waals surface area contributed by atoms with Crippen molar-refractivity contribution in [2.75, 3.05) is 26.2 Å². The van der Waals surface area contributed by atoms with E-state index in [9.17, 15) is 4.79 Å². The topological polar surface area (TPSA) is 58.4 Å². The summed E-state index contributed by atoms with van der Waals surface area (Å²) in [5, 5.41) is 3.21. The van der Waals surface area contributed by atoms with Crippen LogP contribution in [0.2, 0.25) is 0 Å². The van der Waals surface area contributed by atoms with E-state index in [4.69, 9.17) is 5.73 Å². The predicted octanol–water partition coefficient (Wildman–Crippen LogP) is 0.182. The van der Waals surface area contributed by atoms with E-state index in [1.165, 1.54) is 12.8 Å². The van der Waals surface area contributed by atoms with Gasteiger partial charge in [-0.05, 0) is 5.92 Å². The third kappa shape index (κ3) is 3.47. The molecule has 4 nitrogen and oxygen atoms in total.